The smallest absolute Gasteiger partial charge is 0.323 e. The molecule has 1 aliphatic rings. The second kappa shape index (κ2) is 4.39. The van der Waals surface area contributed by atoms with Crippen molar-refractivity contribution in [2.75, 3.05) is 11.9 Å². The van der Waals surface area contributed by atoms with E-state index in [1.165, 1.54) is 11.3 Å². The summed E-state index contributed by atoms with van der Waals surface area (Å²) in [6, 6.07) is -0.258. The fourth-order valence-electron chi connectivity index (χ4n) is 1.26. The quantitative estimate of drug-likeness (QED) is 0.780. The van der Waals surface area contributed by atoms with Crippen LogP contribution in [0.3, 0.4) is 0 Å². The van der Waals surface area contributed by atoms with Crippen LogP contribution >= 0.6 is 11.3 Å². The highest BCUT2D eigenvalue weighted by atomic mass is 32.1. The molecule has 2 amide bonds. The van der Waals surface area contributed by atoms with Crippen LogP contribution in [-0.2, 0) is 4.74 Å². The molecule has 0 spiro atoms. The van der Waals surface area contributed by atoms with Crippen LogP contribution in [0.1, 0.15) is 12.8 Å². The van der Waals surface area contributed by atoms with Gasteiger partial charge in [0.25, 0.3) is 0 Å². The number of urea groups is 1. The molecule has 5 nitrogen and oxygen atoms in total. The summed E-state index contributed by atoms with van der Waals surface area (Å²) in [5.74, 6) is 0. The molecule has 0 aliphatic carbocycles. The molecule has 76 valence electrons. The molecule has 14 heavy (non-hydrogen) atoms. The minimum absolute atomic E-state index is 0.144. The van der Waals surface area contributed by atoms with Crippen LogP contribution in [0, 0.1) is 0 Å². The average molecular weight is 213 g/mol. The molecule has 1 aromatic rings. The second-order valence-corrected chi connectivity index (χ2v) is 3.83. The summed E-state index contributed by atoms with van der Waals surface area (Å²) < 4.78 is 5.25. The summed E-state index contributed by atoms with van der Waals surface area (Å²) in [7, 11) is 0. The number of aromatic nitrogens is 1. The number of nitrogens with zero attached hydrogens (tertiary/aromatic N) is 1. The molecule has 0 aromatic carbocycles. The number of anilines is 1. The molecule has 2 N–H and O–H groups in total. The second-order valence-electron chi connectivity index (χ2n) is 2.94. The summed E-state index contributed by atoms with van der Waals surface area (Å²) >= 11 is 1.39. The Labute approximate surface area is 85.5 Å². The van der Waals surface area contributed by atoms with Gasteiger partial charge in [0, 0.05) is 18.2 Å². The number of nitrogens with one attached hydrogen (secondary N) is 2. The number of rotatable bonds is 2. The zero-order valence-electron chi connectivity index (χ0n) is 7.53. The fraction of sp³-hybridized carbons (Fsp3) is 0.500. The lowest BCUT2D eigenvalue weighted by Gasteiger charge is -2.11. The largest absolute Gasteiger partial charge is 0.358 e. The van der Waals surface area contributed by atoms with Crippen molar-refractivity contribution >= 4 is 22.5 Å². The van der Waals surface area contributed by atoms with Crippen LogP contribution < -0.4 is 10.6 Å². The maximum atomic E-state index is 11.3. The molecule has 0 radical (unpaired) electrons. The van der Waals surface area contributed by atoms with Crippen LogP contribution in [0.15, 0.2) is 11.6 Å². The first-order chi connectivity index (χ1) is 6.84. The fourth-order valence-corrected chi connectivity index (χ4v) is 1.78. The van der Waals surface area contributed by atoms with Crippen molar-refractivity contribution in [3.05, 3.63) is 11.6 Å². The van der Waals surface area contributed by atoms with Gasteiger partial charge in [0.15, 0.2) is 5.13 Å². The number of ether oxygens (including phenoxy) is 1. The third-order valence-electron chi connectivity index (χ3n) is 1.87. The Kier molecular flexibility index (Phi) is 2.95. The highest BCUT2D eigenvalue weighted by Crippen LogP contribution is 2.11. The molecular weight excluding hydrogens is 202 g/mol. The maximum absolute atomic E-state index is 11.3. The molecule has 1 atom stereocenters. The van der Waals surface area contributed by atoms with Gasteiger partial charge in [0.1, 0.15) is 6.23 Å². The Bertz CT molecular complexity index is 296. The summed E-state index contributed by atoms with van der Waals surface area (Å²) in [4.78, 5) is 15.3. The average Bonchev–Trinajstić information content (AvgIpc) is 2.76. The predicted octanol–water partition coefficient (Wildman–Crippen LogP) is 1.40. The summed E-state index contributed by atoms with van der Waals surface area (Å²) in [5.41, 5.74) is 0. The number of hydrogen-bond donors (Lipinski definition) is 2. The lowest BCUT2D eigenvalue weighted by molar-refractivity contribution is 0.0928. The van der Waals surface area contributed by atoms with Crippen molar-refractivity contribution in [3.8, 4) is 0 Å². The number of carbonyl (C=O) groups is 1. The van der Waals surface area contributed by atoms with E-state index >= 15 is 0 Å². The Morgan fingerprint density at radius 1 is 1.71 bits per heavy atom. The van der Waals surface area contributed by atoms with E-state index in [0.29, 0.717) is 5.13 Å². The van der Waals surface area contributed by atoms with Crippen LogP contribution in [0.5, 0.6) is 0 Å². The van der Waals surface area contributed by atoms with Gasteiger partial charge in [-0.2, -0.15) is 0 Å². The van der Waals surface area contributed by atoms with Gasteiger partial charge in [-0.3, -0.25) is 5.32 Å². The Morgan fingerprint density at radius 3 is 3.29 bits per heavy atom. The minimum atomic E-state index is -0.258. The first-order valence-corrected chi connectivity index (χ1v) is 5.31. The molecule has 1 aliphatic heterocycles. The predicted molar refractivity (Wildman–Crippen MR) is 53.2 cm³/mol. The van der Waals surface area contributed by atoms with E-state index in [4.69, 9.17) is 4.74 Å². The number of thiazole rings is 1. The summed E-state index contributed by atoms with van der Waals surface area (Å²) in [5, 5.41) is 7.74. The standard InChI is InChI=1S/C8H11N3O2S/c12-7(10-6-2-1-4-13-6)11-8-9-3-5-14-8/h3,5-6H,1-2,4H2,(H2,9,10,11,12). The van der Waals surface area contributed by atoms with E-state index in [9.17, 15) is 4.79 Å². The lowest BCUT2D eigenvalue weighted by Crippen LogP contribution is -2.37. The molecule has 1 aromatic heterocycles. The normalized spacial score (nSPS) is 20.7. The van der Waals surface area contributed by atoms with E-state index in [2.05, 4.69) is 15.6 Å². The molecule has 0 saturated carbocycles. The zero-order chi connectivity index (χ0) is 9.80. The Hall–Kier alpha value is -1.14. The van der Waals surface area contributed by atoms with E-state index in [0.717, 1.165) is 19.4 Å². The SMILES string of the molecule is O=C(Nc1nccs1)NC1CCCO1. The number of carbonyl (C=O) groups excluding carboxylic acids is 1. The first kappa shape index (κ1) is 9.42. The van der Waals surface area contributed by atoms with Gasteiger partial charge in [-0.05, 0) is 12.8 Å². The van der Waals surface area contributed by atoms with Crippen LogP contribution in [0.25, 0.3) is 0 Å². The van der Waals surface area contributed by atoms with Crippen LogP contribution in [0.2, 0.25) is 0 Å². The Morgan fingerprint density at radius 2 is 2.64 bits per heavy atom. The molecule has 6 heteroatoms. The molecular formula is C8H11N3O2S. The van der Waals surface area contributed by atoms with Gasteiger partial charge in [0.2, 0.25) is 0 Å². The van der Waals surface area contributed by atoms with E-state index in [1.807, 2.05) is 5.38 Å². The monoisotopic (exact) mass is 213 g/mol. The molecule has 1 unspecified atom stereocenters. The van der Waals surface area contributed by atoms with Gasteiger partial charge in [0.05, 0.1) is 0 Å². The van der Waals surface area contributed by atoms with Crippen molar-refractivity contribution in [3.63, 3.8) is 0 Å². The lowest BCUT2D eigenvalue weighted by atomic mass is 10.3. The summed E-state index contributed by atoms with van der Waals surface area (Å²) in [6.07, 6.45) is 3.38. The molecule has 1 fully saturated rings. The van der Waals surface area contributed by atoms with Gasteiger partial charge >= 0.3 is 6.03 Å². The van der Waals surface area contributed by atoms with E-state index < -0.39 is 0 Å². The Balaban J connectivity index is 1.78. The van der Waals surface area contributed by atoms with Crippen molar-refractivity contribution < 1.29 is 9.53 Å². The van der Waals surface area contributed by atoms with E-state index in [1.54, 1.807) is 6.20 Å². The van der Waals surface area contributed by atoms with Gasteiger partial charge in [-0.15, -0.1) is 11.3 Å². The van der Waals surface area contributed by atoms with Crippen molar-refractivity contribution in [2.45, 2.75) is 19.1 Å². The van der Waals surface area contributed by atoms with Crippen molar-refractivity contribution in [1.82, 2.24) is 10.3 Å². The van der Waals surface area contributed by atoms with Crippen LogP contribution in [0.4, 0.5) is 9.93 Å². The number of hydrogen-bond acceptors (Lipinski definition) is 4. The van der Waals surface area contributed by atoms with E-state index in [-0.39, 0.29) is 12.3 Å². The highest BCUT2D eigenvalue weighted by Gasteiger charge is 2.17. The highest BCUT2D eigenvalue weighted by molar-refractivity contribution is 7.13. The van der Waals surface area contributed by atoms with Crippen LogP contribution in [-0.4, -0.2) is 23.8 Å². The third-order valence-corrected chi connectivity index (χ3v) is 2.56. The molecule has 1 saturated heterocycles. The third kappa shape index (κ3) is 2.43. The topological polar surface area (TPSA) is 63.2 Å². The number of amides is 2. The molecule has 2 rings (SSSR count). The minimum Gasteiger partial charge on any atom is -0.358 e. The van der Waals surface area contributed by atoms with Gasteiger partial charge < -0.3 is 10.1 Å². The summed E-state index contributed by atoms with van der Waals surface area (Å²) in [6.45, 7) is 0.724. The van der Waals surface area contributed by atoms with Gasteiger partial charge in [-0.25, -0.2) is 9.78 Å². The maximum Gasteiger partial charge on any atom is 0.323 e. The molecule has 0 bridgehead atoms. The first-order valence-electron chi connectivity index (χ1n) is 4.43. The van der Waals surface area contributed by atoms with Crippen molar-refractivity contribution in [1.29, 1.82) is 0 Å². The molecule has 2 heterocycles. The van der Waals surface area contributed by atoms with Gasteiger partial charge in [-0.1, -0.05) is 0 Å². The van der Waals surface area contributed by atoms with Crippen molar-refractivity contribution in [2.24, 2.45) is 0 Å². The zero-order valence-corrected chi connectivity index (χ0v) is 8.34.